The van der Waals surface area contributed by atoms with E-state index in [4.69, 9.17) is 11.6 Å². The molecule has 0 saturated heterocycles. The van der Waals surface area contributed by atoms with E-state index < -0.39 is 0 Å². The predicted octanol–water partition coefficient (Wildman–Crippen LogP) is 3.36. The van der Waals surface area contributed by atoms with Crippen LogP contribution in [-0.4, -0.2) is 5.88 Å². The third-order valence-electron chi connectivity index (χ3n) is 1.16. The van der Waals surface area contributed by atoms with Crippen molar-refractivity contribution in [1.82, 2.24) is 0 Å². The van der Waals surface area contributed by atoms with Gasteiger partial charge in [-0.05, 0) is 25.7 Å². The lowest BCUT2D eigenvalue weighted by atomic mass is 10.1. The molecule has 0 bridgehead atoms. The molecule has 0 saturated carbocycles. The van der Waals surface area contributed by atoms with Crippen LogP contribution in [0.3, 0.4) is 0 Å². The van der Waals surface area contributed by atoms with Gasteiger partial charge in [0.15, 0.2) is 0 Å². The summed E-state index contributed by atoms with van der Waals surface area (Å²) >= 11 is 5.00. The second-order valence-electron chi connectivity index (χ2n) is 2.02. The van der Waals surface area contributed by atoms with E-state index in [1.807, 2.05) is 6.92 Å². The van der Waals surface area contributed by atoms with Crippen LogP contribution in [0, 0.1) is 0 Å². The molecule has 0 spiro atoms. The zero-order chi connectivity index (χ0) is 6.95. The fourth-order valence-electron chi connectivity index (χ4n) is 0.760. The molecule has 0 aromatic heterocycles. The first-order chi connectivity index (χ1) is 4.41. The smallest absolute Gasteiger partial charge is 0.0195 e. The van der Waals surface area contributed by atoms with Crippen molar-refractivity contribution in [3.63, 3.8) is 0 Å². The van der Waals surface area contributed by atoms with Gasteiger partial charge in [-0.2, -0.15) is 0 Å². The molecule has 1 aliphatic carbocycles. The van der Waals surface area contributed by atoms with Crippen LogP contribution in [0.1, 0.15) is 32.6 Å². The minimum Gasteiger partial charge on any atom is -0.127 e. The maximum absolute atomic E-state index is 5.00. The van der Waals surface area contributed by atoms with Gasteiger partial charge in [-0.3, -0.25) is 0 Å². The molecular formula is C8H15Cl. The predicted molar refractivity (Wildman–Crippen MR) is 44.0 cm³/mol. The third-order valence-corrected chi connectivity index (χ3v) is 1.16. The van der Waals surface area contributed by atoms with E-state index >= 15 is 0 Å². The van der Waals surface area contributed by atoms with Gasteiger partial charge < -0.3 is 0 Å². The first kappa shape index (κ1) is 9.03. The summed E-state index contributed by atoms with van der Waals surface area (Å²) in [5.41, 5.74) is 0. The van der Waals surface area contributed by atoms with Crippen molar-refractivity contribution in [3.8, 4) is 0 Å². The summed E-state index contributed by atoms with van der Waals surface area (Å²) < 4.78 is 0. The van der Waals surface area contributed by atoms with Gasteiger partial charge in [-0.25, -0.2) is 0 Å². The van der Waals surface area contributed by atoms with Crippen molar-refractivity contribution < 1.29 is 0 Å². The second kappa shape index (κ2) is 8.03. The molecule has 0 aromatic rings. The molecule has 0 aliphatic heterocycles. The molecule has 1 aliphatic rings. The van der Waals surface area contributed by atoms with E-state index in [9.17, 15) is 0 Å². The number of halogens is 1. The molecule has 0 heterocycles. The summed E-state index contributed by atoms with van der Waals surface area (Å²) in [7, 11) is 0. The van der Waals surface area contributed by atoms with Crippen LogP contribution in [0.2, 0.25) is 0 Å². The lowest BCUT2D eigenvalue weighted by Crippen LogP contribution is -1.77. The van der Waals surface area contributed by atoms with Crippen LogP contribution in [0.4, 0.5) is 0 Å². The van der Waals surface area contributed by atoms with E-state index in [1.165, 1.54) is 25.7 Å². The second-order valence-corrected chi connectivity index (χ2v) is 2.56. The van der Waals surface area contributed by atoms with Crippen molar-refractivity contribution in [2.75, 3.05) is 5.88 Å². The number of rotatable bonds is 0. The van der Waals surface area contributed by atoms with Gasteiger partial charge in [0.25, 0.3) is 0 Å². The molecule has 0 unspecified atom stereocenters. The van der Waals surface area contributed by atoms with Gasteiger partial charge in [-0.1, -0.05) is 19.1 Å². The molecule has 1 rings (SSSR count). The van der Waals surface area contributed by atoms with Gasteiger partial charge in [0.2, 0.25) is 0 Å². The Hall–Kier alpha value is 0.0300. The first-order valence-electron chi connectivity index (χ1n) is 3.62. The van der Waals surface area contributed by atoms with E-state index in [-0.39, 0.29) is 0 Å². The Morgan fingerprint density at radius 3 is 1.67 bits per heavy atom. The van der Waals surface area contributed by atoms with Crippen molar-refractivity contribution in [2.24, 2.45) is 0 Å². The molecule has 0 amide bonds. The average molecular weight is 147 g/mol. The van der Waals surface area contributed by atoms with Gasteiger partial charge in [0.1, 0.15) is 0 Å². The Labute approximate surface area is 62.9 Å². The Morgan fingerprint density at radius 2 is 1.56 bits per heavy atom. The summed E-state index contributed by atoms with van der Waals surface area (Å²) in [6.45, 7) is 1.89. The Kier molecular flexibility index (Phi) is 8.06. The van der Waals surface area contributed by atoms with E-state index in [2.05, 4.69) is 12.2 Å². The molecule has 0 aromatic carbocycles. The maximum Gasteiger partial charge on any atom is 0.0195 e. The van der Waals surface area contributed by atoms with Gasteiger partial charge in [0, 0.05) is 5.88 Å². The normalized spacial score (nSPS) is 16.2. The Morgan fingerprint density at radius 1 is 1.22 bits per heavy atom. The first-order valence-corrected chi connectivity index (χ1v) is 4.16. The Bertz CT molecular complexity index is 59.0. The quantitative estimate of drug-likeness (QED) is 0.363. The third kappa shape index (κ3) is 8.03. The number of hydrogen-bond acceptors (Lipinski definition) is 0. The average Bonchev–Trinajstić information content (AvgIpc) is 1.93. The summed E-state index contributed by atoms with van der Waals surface area (Å²) in [6.07, 6.45) is 10.0. The van der Waals surface area contributed by atoms with Crippen LogP contribution in [0.25, 0.3) is 0 Å². The van der Waals surface area contributed by atoms with E-state index in [1.54, 1.807) is 0 Å². The van der Waals surface area contributed by atoms with E-state index in [0.717, 1.165) is 5.88 Å². The van der Waals surface area contributed by atoms with Crippen molar-refractivity contribution >= 4 is 11.6 Å². The van der Waals surface area contributed by atoms with Gasteiger partial charge in [-0.15, -0.1) is 11.6 Å². The van der Waals surface area contributed by atoms with Crippen LogP contribution in [0.15, 0.2) is 12.2 Å². The highest BCUT2D eigenvalue weighted by Crippen LogP contribution is 2.07. The molecule has 9 heavy (non-hydrogen) atoms. The topological polar surface area (TPSA) is 0 Å². The monoisotopic (exact) mass is 146 g/mol. The van der Waals surface area contributed by atoms with Crippen LogP contribution < -0.4 is 0 Å². The van der Waals surface area contributed by atoms with Crippen LogP contribution in [0.5, 0.6) is 0 Å². The zero-order valence-electron chi connectivity index (χ0n) is 6.07. The summed E-state index contributed by atoms with van der Waals surface area (Å²) in [5, 5.41) is 0. The zero-order valence-corrected chi connectivity index (χ0v) is 6.82. The molecule has 0 fully saturated rings. The van der Waals surface area contributed by atoms with Gasteiger partial charge in [0.05, 0.1) is 0 Å². The number of hydrogen-bond donors (Lipinski definition) is 0. The SMILES string of the molecule is C1=CCCCC1.CCCl. The summed E-state index contributed by atoms with van der Waals surface area (Å²) in [5.74, 6) is 0.722. The van der Waals surface area contributed by atoms with Crippen LogP contribution >= 0.6 is 11.6 Å². The highest BCUT2D eigenvalue weighted by Gasteiger charge is 1.87. The largest absolute Gasteiger partial charge is 0.127 e. The number of allylic oxidation sites excluding steroid dienone is 2. The van der Waals surface area contributed by atoms with Crippen molar-refractivity contribution in [2.45, 2.75) is 32.6 Å². The minimum atomic E-state index is 0.722. The fourth-order valence-corrected chi connectivity index (χ4v) is 0.760. The van der Waals surface area contributed by atoms with Gasteiger partial charge >= 0.3 is 0 Å². The van der Waals surface area contributed by atoms with Crippen LogP contribution in [-0.2, 0) is 0 Å². The highest BCUT2D eigenvalue weighted by molar-refractivity contribution is 6.17. The fraction of sp³-hybridized carbons (Fsp3) is 0.750. The van der Waals surface area contributed by atoms with Crippen molar-refractivity contribution in [1.29, 1.82) is 0 Å². The van der Waals surface area contributed by atoms with E-state index in [0.29, 0.717) is 0 Å². The maximum atomic E-state index is 5.00. The molecule has 0 N–H and O–H groups in total. The molecular weight excluding hydrogens is 132 g/mol. The molecule has 1 heteroatoms. The Balaban J connectivity index is 0.000000187. The molecule has 0 radical (unpaired) electrons. The van der Waals surface area contributed by atoms with Crippen molar-refractivity contribution in [3.05, 3.63) is 12.2 Å². The summed E-state index contributed by atoms with van der Waals surface area (Å²) in [4.78, 5) is 0. The minimum absolute atomic E-state index is 0.722. The highest BCUT2D eigenvalue weighted by atomic mass is 35.5. The molecule has 0 atom stereocenters. The summed E-state index contributed by atoms with van der Waals surface area (Å²) in [6, 6.07) is 0. The lowest BCUT2D eigenvalue weighted by molar-refractivity contribution is 0.730. The standard InChI is InChI=1S/C6H10.C2H5Cl/c1-2-4-6-5-3-1;1-2-3/h1-2H,3-6H2;2H2,1H3. The molecule has 0 nitrogen and oxygen atoms in total. The lowest BCUT2D eigenvalue weighted by Gasteiger charge is -1.97. The number of alkyl halides is 1. The molecule has 54 valence electrons.